The van der Waals surface area contributed by atoms with Gasteiger partial charge in [-0.25, -0.2) is 0 Å². The smallest absolute Gasteiger partial charge is 0.243 e. The van der Waals surface area contributed by atoms with E-state index >= 15 is 0 Å². The lowest BCUT2D eigenvalue weighted by Crippen LogP contribution is -2.33. The van der Waals surface area contributed by atoms with E-state index < -0.39 is 0 Å². The van der Waals surface area contributed by atoms with Crippen LogP contribution in [0.3, 0.4) is 0 Å². The molecule has 0 radical (unpaired) electrons. The van der Waals surface area contributed by atoms with Gasteiger partial charge in [0.25, 0.3) is 0 Å². The van der Waals surface area contributed by atoms with Crippen LogP contribution in [0.25, 0.3) is 0 Å². The van der Waals surface area contributed by atoms with Gasteiger partial charge < -0.3 is 10.2 Å². The molecule has 1 rings (SSSR count). The van der Waals surface area contributed by atoms with Crippen LogP contribution in [0.5, 0.6) is 0 Å². The van der Waals surface area contributed by atoms with Crippen LogP contribution in [0.1, 0.15) is 13.8 Å². The van der Waals surface area contributed by atoms with E-state index in [1.54, 1.807) is 6.92 Å². The van der Waals surface area contributed by atoms with E-state index in [0.717, 1.165) is 0 Å². The summed E-state index contributed by atoms with van der Waals surface area (Å²) in [4.78, 5) is 23.0. The highest BCUT2D eigenvalue weighted by molar-refractivity contribution is 5.89. The van der Waals surface area contributed by atoms with Crippen molar-refractivity contribution in [3.05, 3.63) is 0 Å². The summed E-state index contributed by atoms with van der Waals surface area (Å²) in [6, 6.07) is -0.294. The molecule has 1 fully saturated rings. The first-order chi connectivity index (χ1) is 4.63. The zero-order valence-corrected chi connectivity index (χ0v) is 6.05. The molecule has 0 aliphatic carbocycles. The summed E-state index contributed by atoms with van der Waals surface area (Å²) < 4.78 is 0. The SMILES string of the molecule is CC(=O)N1CNC(=O)C1C. The Hall–Kier alpha value is -1.06. The average molecular weight is 142 g/mol. The monoisotopic (exact) mass is 142 g/mol. The highest BCUT2D eigenvalue weighted by Crippen LogP contribution is 2.03. The maximum Gasteiger partial charge on any atom is 0.243 e. The second kappa shape index (κ2) is 2.28. The first-order valence-electron chi connectivity index (χ1n) is 3.18. The van der Waals surface area contributed by atoms with Gasteiger partial charge in [-0.05, 0) is 6.92 Å². The highest BCUT2D eigenvalue weighted by Gasteiger charge is 2.29. The molecular formula is C6H10N2O2. The fourth-order valence-corrected chi connectivity index (χ4v) is 0.973. The standard InChI is InChI=1S/C6H10N2O2/c1-4-6(10)7-3-8(4)5(2)9/h4H,3H2,1-2H3,(H,7,10). The van der Waals surface area contributed by atoms with Crippen molar-refractivity contribution in [2.45, 2.75) is 19.9 Å². The number of carbonyl (C=O) groups excluding carboxylic acids is 2. The van der Waals surface area contributed by atoms with Crippen molar-refractivity contribution in [1.82, 2.24) is 10.2 Å². The molecule has 1 saturated heterocycles. The lowest BCUT2D eigenvalue weighted by molar-refractivity contribution is -0.132. The summed E-state index contributed by atoms with van der Waals surface area (Å²) >= 11 is 0. The van der Waals surface area contributed by atoms with Gasteiger partial charge in [-0.1, -0.05) is 0 Å². The fraction of sp³-hybridized carbons (Fsp3) is 0.667. The van der Waals surface area contributed by atoms with E-state index in [0.29, 0.717) is 6.67 Å². The Morgan fingerprint density at radius 2 is 2.40 bits per heavy atom. The highest BCUT2D eigenvalue weighted by atomic mass is 16.2. The number of hydrogen-bond acceptors (Lipinski definition) is 2. The Morgan fingerprint density at radius 3 is 2.60 bits per heavy atom. The third kappa shape index (κ3) is 0.964. The van der Waals surface area contributed by atoms with Crippen molar-refractivity contribution in [3.63, 3.8) is 0 Å². The van der Waals surface area contributed by atoms with Gasteiger partial charge >= 0.3 is 0 Å². The van der Waals surface area contributed by atoms with Gasteiger partial charge in [0.05, 0.1) is 6.67 Å². The topological polar surface area (TPSA) is 49.4 Å². The second-order valence-electron chi connectivity index (χ2n) is 2.36. The molecule has 4 nitrogen and oxygen atoms in total. The minimum atomic E-state index is -0.294. The Kier molecular flexibility index (Phi) is 1.61. The Morgan fingerprint density at radius 1 is 1.80 bits per heavy atom. The molecule has 2 amide bonds. The van der Waals surface area contributed by atoms with Crippen molar-refractivity contribution >= 4 is 11.8 Å². The average Bonchev–Trinajstić information content (AvgIpc) is 2.14. The fourth-order valence-electron chi connectivity index (χ4n) is 0.973. The molecule has 10 heavy (non-hydrogen) atoms. The van der Waals surface area contributed by atoms with Crippen LogP contribution in [0.4, 0.5) is 0 Å². The van der Waals surface area contributed by atoms with Crippen LogP contribution in [0.15, 0.2) is 0 Å². The quantitative estimate of drug-likeness (QED) is 0.486. The lowest BCUT2D eigenvalue weighted by atomic mass is 10.3. The molecule has 0 spiro atoms. The number of hydrogen-bond donors (Lipinski definition) is 1. The Bertz CT molecular complexity index is 179. The summed E-state index contributed by atoms with van der Waals surface area (Å²) in [7, 11) is 0. The Balaban J connectivity index is 2.66. The zero-order chi connectivity index (χ0) is 7.72. The van der Waals surface area contributed by atoms with Crippen molar-refractivity contribution in [1.29, 1.82) is 0 Å². The minimum Gasteiger partial charge on any atom is -0.337 e. The van der Waals surface area contributed by atoms with Gasteiger partial charge in [-0.2, -0.15) is 0 Å². The molecule has 1 aliphatic rings. The van der Waals surface area contributed by atoms with E-state index in [9.17, 15) is 9.59 Å². The van der Waals surface area contributed by atoms with Gasteiger partial charge in [-0.3, -0.25) is 9.59 Å². The predicted molar refractivity (Wildman–Crippen MR) is 35.0 cm³/mol. The molecule has 0 saturated carbocycles. The van der Waals surface area contributed by atoms with Gasteiger partial charge in [0.15, 0.2) is 0 Å². The van der Waals surface area contributed by atoms with Gasteiger partial charge in [-0.15, -0.1) is 0 Å². The Labute approximate surface area is 59.2 Å². The zero-order valence-electron chi connectivity index (χ0n) is 6.05. The largest absolute Gasteiger partial charge is 0.337 e. The summed E-state index contributed by atoms with van der Waals surface area (Å²) in [5.41, 5.74) is 0. The summed E-state index contributed by atoms with van der Waals surface area (Å²) in [6.07, 6.45) is 0. The molecule has 56 valence electrons. The third-order valence-electron chi connectivity index (χ3n) is 1.68. The molecule has 1 unspecified atom stereocenters. The van der Waals surface area contributed by atoms with Gasteiger partial charge in [0.1, 0.15) is 6.04 Å². The molecule has 0 aromatic rings. The third-order valence-corrected chi connectivity index (χ3v) is 1.68. The van der Waals surface area contributed by atoms with E-state index in [-0.39, 0.29) is 17.9 Å². The van der Waals surface area contributed by atoms with Gasteiger partial charge in [0, 0.05) is 6.92 Å². The molecule has 0 bridgehead atoms. The summed E-state index contributed by atoms with van der Waals surface area (Å²) in [5, 5.41) is 2.57. The molecule has 1 atom stereocenters. The summed E-state index contributed by atoms with van der Waals surface area (Å²) in [6.45, 7) is 3.52. The van der Waals surface area contributed by atoms with Crippen LogP contribution >= 0.6 is 0 Å². The number of nitrogens with zero attached hydrogens (tertiary/aromatic N) is 1. The van der Waals surface area contributed by atoms with Crippen molar-refractivity contribution in [2.24, 2.45) is 0 Å². The molecule has 1 N–H and O–H groups in total. The first-order valence-corrected chi connectivity index (χ1v) is 3.18. The van der Waals surface area contributed by atoms with Crippen molar-refractivity contribution < 1.29 is 9.59 Å². The van der Waals surface area contributed by atoms with Crippen molar-refractivity contribution in [3.8, 4) is 0 Å². The number of nitrogens with one attached hydrogen (secondary N) is 1. The van der Waals surface area contributed by atoms with E-state index in [1.165, 1.54) is 11.8 Å². The van der Waals surface area contributed by atoms with Crippen LogP contribution in [-0.4, -0.2) is 29.4 Å². The van der Waals surface area contributed by atoms with Crippen molar-refractivity contribution in [2.75, 3.05) is 6.67 Å². The summed E-state index contributed by atoms with van der Waals surface area (Å²) in [5.74, 6) is -0.138. The van der Waals surface area contributed by atoms with Crippen LogP contribution < -0.4 is 5.32 Å². The number of amides is 2. The molecule has 0 aromatic heterocycles. The van der Waals surface area contributed by atoms with E-state index in [1.807, 2.05) is 0 Å². The lowest BCUT2D eigenvalue weighted by Gasteiger charge is -2.14. The maximum absolute atomic E-state index is 10.8. The minimum absolute atomic E-state index is 0.0640. The van der Waals surface area contributed by atoms with E-state index in [2.05, 4.69) is 5.32 Å². The first kappa shape index (κ1) is 7.05. The van der Waals surface area contributed by atoms with Gasteiger partial charge in [0.2, 0.25) is 11.8 Å². The van der Waals surface area contributed by atoms with E-state index in [4.69, 9.17) is 0 Å². The van der Waals surface area contributed by atoms with Crippen LogP contribution in [0.2, 0.25) is 0 Å². The number of rotatable bonds is 0. The predicted octanol–water partition coefficient (Wildman–Crippen LogP) is -0.689. The molecule has 1 heterocycles. The molecule has 1 aliphatic heterocycles. The maximum atomic E-state index is 10.8. The van der Waals surface area contributed by atoms with Crippen LogP contribution in [0, 0.1) is 0 Å². The molecular weight excluding hydrogens is 132 g/mol. The van der Waals surface area contributed by atoms with Crippen LogP contribution in [-0.2, 0) is 9.59 Å². The molecule has 4 heteroatoms. The second-order valence-corrected chi connectivity index (χ2v) is 2.36. The number of carbonyl (C=O) groups is 2. The molecule has 0 aromatic carbocycles. The normalized spacial score (nSPS) is 24.8.